The lowest BCUT2D eigenvalue weighted by Gasteiger charge is -2.27. The largest absolute Gasteiger partial charge is 0.461 e. The number of methoxy groups -OCH3 is 1. The minimum absolute atomic E-state index is 0.00108. The van der Waals surface area contributed by atoms with E-state index in [0.29, 0.717) is 6.54 Å². The molecule has 0 aromatic heterocycles. The zero-order chi connectivity index (χ0) is 11.8. The molecule has 0 radical (unpaired) electrons. The number of carbonyl (C=O) groups excluding carboxylic acids is 1. The molecule has 0 aliphatic heterocycles. The molecule has 0 bridgehead atoms. The smallest absolute Gasteiger partial charge is 0.320 e. The third-order valence-electron chi connectivity index (χ3n) is 2.71. The second-order valence-electron chi connectivity index (χ2n) is 3.94. The molecule has 1 rings (SSSR count). The molecular weight excluding hydrogens is 206 g/mol. The highest BCUT2D eigenvalue weighted by Gasteiger charge is 2.24. The Morgan fingerprint density at radius 3 is 2.94 bits per heavy atom. The summed E-state index contributed by atoms with van der Waals surface area (Å²) in [4.78, 5) is 11.4. The van der Waals surface area contributed by atoms with Gasteiger partial charge in [0.1, 0.15) is 6.10 Å². The van der Waals surface area contributed by atoms with Crippen LogP contribution in [0.1, 0.15) is 25.7 Å². The zero-order valence-electron chi connectivity index (χ0n) is 9.70. The van der Waals surface area contributed by atoms with Crippen LogP contribution in [-0.4, -0.2) is 38.4 Å². The topological polar surface area (TPSA) is 47.6 Å². The number of hydrogen-bond acceptors (Lipinski definition) is 4. The Morgan fingerprint density at radius 1 is 1.50 bits per heavy atom. The minimum Gasteiger partial charge on any atom is -0.461 e. The van der Waals surface area contributed by atoms with Crippen LogP contribution in [0, 0.1) is 12.3 Å². The van der Waals surface area contributed by atoms with Crippen LogP contribution >= 0.6 is 0 Å². The van der Waals surface area contributed by atoms with E-state index in [1.165, 1.54) is 0 Å². The fourth-order valence-corrected chi connectivity index (χ4v) is 1.89. The third-order valence-corrected chi connectivity index (χ3v) is 2.71. The molecule has 1 aliphatic rings. The molecule has 2 atom stereocenters. The fourth-order valence-electron chi connectivity index (χ4n) is 1.89. The van der Waals surface area contributed by atoms with Gasteiger partial charge in [-0.15, -0.1) is 6.42 Å². The Hall–Kier alpha value is -1.05. The van der Waals surface area contributed by atoms with Crippen LogP contribution in [0.15, 0.2) is 0 Å². The van der Waals surface area contributed by atoms with E-state index in [1.54, 1.807) is 7.11 Å². The molecule has 4 nitrogen and oxygen atoms in total. The summed E-state index contributed by atoms with van der Waals surface area (Å²) in [6.45, 7) is 0.568. The monoisotopic (exact) mass is 225 g/mol. The molecule has 90 valence electrons. The summed E-state index contributed by atoms with van der Waals surface area (Å²) in [6, 6.07) is 0. The molecule has 0 aromatic rings. The van der Waals surface area contributed by atoms with Gasteiger partial charge in [0.25, 0.3) is 0 Å². The van der Waals surface area contributed by atoms with Crippen LogP contribution in [0.5, 0.6) is 0 Å². The van der Waals surface area contributed by atoms with Crippen molar-refractivity contribution in [1.29, 1.82) is 0 Å². The lowest BCUT2D eigenvalue weighted by molar-refractivity contribution is -0.151. The molecule has 1 saturated carbocycles. The molecule has 0 amide bonds. The van der Waals surface area contributed by atoms with Gasteiger partial charge in [0.05, 0.1) is 19.2 Å². The molecule has 4 heteroatoms. The van der Waals surface area contributed by atoms with Crippen molar-refractivity contribution in [1.82, 2.24) is 5.32 Å². The van der Waals surface area contributed by atoms with Crippen LogP contribution in [0.2, 0.25) is 0 Å². The molecule has 0 spiro atoms. The van der Waals surface area contributed by atoms with E-state index in [1.807, 2.05) is 0 Å². The van der Waals surface area contributed by atoms with Crippen molar-refractivity contribution in [3.05, 3.63) is 0 Å². The SMILES string of the molecule is C#CCNCC(=O)OC1CCCC(OC)C1. The predicted molar refractivity (Wildman–Crippen MR) is 60.8 cm³/mol. The molecule has 2 unspecified atom stereocenters. The first-order chi connectivity index (χ1) is 7.76. The standard InChI is InChI=1S/C12H19NO3/c1-3-7-13-9-12(14)16-11-6-4-5-10(8-11)15-2/h1,10-11,13H,4-9H2,2H3. The summed E-state index contributed by atoms with van der Waals surface area (Å²) < 4.78 is 10.6. The van der Waals surface area contributed by atoms with Gasteiger partial charge in [-0.1, -0.05) is 5.92 Å². The first-order valence-electron chi connectivity index (χ1n) is 5.62. The van der Waals surface area contributed by atoms with Crippen LogP contribution in [-0.2, 0) is 14.3 Å². The molecule has 0 heterocycles. The number of terminal acetylenes is 1. The Balaban J connectivity index is 2.20. The van der Waals surface area contributed by atoms with E-state index in [0.717, 1.165) is 25.7 Å². The number of carbonyl (C=O) groups is 1. The molecule has 1 fully saturated rings. The van der Waals surface area contributed by atoms with E-state index in [2.05, 4.69) is 11.2 Å². The minimum atomic E-state index is -0.239. The maximum Gasteiger partial charge on any atom is 0.320 e. The Labute approximate surface area is 96.7 Å². The number of esters is 1. The van der Waals surface area contributed by atoms with Crippen LogP contribution < -0.4 is 5.32 Å². The zero-order valence-corrected chi connectivity index (χ0v) is 9.70. The maximum atomic E-state index is 11.4. The highest BCUT2D eigenvalue weighted by Crippen LogP contribution is 2.22. The summed E-state index contributed by atoms with van der Waals surface area (Å²) in [7, 11) is 1.70. The van der Waals surface area contributed by atoms with Crippen molar-refractivity contribution >= 4 is 5.97 Å². The fraction of sp³-hybridized carbons (Fsp3) is 0.750. The van der Waals surface area contributed by atoms with Gasteiger partial charge in [-0.05, 0) is 19.3 Å². The summed E-state index contributed by atoms with van der Waals surface area (Å²) >= 11 is 0. The predicted octanol–water partition coefficient (Wildman–Crippen LogP) is 0.710. The molecule has 1 aliphatic carbocycles. The Kier molecular flexibility index (Phi) is 5.91. The summed E-state index contributed by atoms with van der Waals surface area (Å²) in [5, 5.41) is 2.81. The van der Waals surface area contributed by atoms with Gasteiger partial charge in [-0.25, -0.2) is 0 Å². The van der Waals surface area contributed by atoms with Gasteiger partial charge in [0, 0.05) is 13.5 Å². The summed E-state index contributed by atoms with van der Waals surface area (Å²) in [6.07, 6.45) is 9.12. The summed E-state index contributed by atoms with van der Waals surface area (Å²) in [5.41, 5.74) is 0. The number of rotatable bonds is 5. The highest BCUT2D eigenvalue weighted by molar-refractivity contribution is 5.71. The number of hydrogen-bond donors (Lipinski definition) is 1. The van der Waals surface area contributed by atoms with Gasteiger partial charge in [0.2, 0.25) is 0 Å². The maximum absolute atomic E-state index is 11.4. The van der Waals surface area contributed by atoms with Crippen LogP contribution in [0.4, 0.5) is 0 Å². The first-order valence-corrected chi connectivity index (χ1v) is 5.62. The molecule has 1 N–H and O–H groups in total. The second kappa shape index (κ2) is 7.26. The van der Waals surface area contributed by atoms with Crippen molar-refractivity contribution in [2.75, 3.05) is 20.2 Å². The van der Waals surface area contributed by atoms with Crippen molar-refractivity contribution < 1.29 is 14.3 Å². The lowest BCUT2D eigenvalue weighted by atomic mass is 9.95. The van der Waals surface area contributed by atoms with Gasteiger partial charge in [0.15, 0.2) is 0 Å². The van der Waals surface area contributed by atoms with E-state index in [9.17, 15) is 4.79 Å². The van der Waals surface area contributed by atoms with Gasteiger partial charge in [-0.2, -0.15) is 0 Å². The normalized spacial score (nSPS) is 24.8. The molecule has 16 heavy (non-hydrogen) atoms. The van der Waals surface area contributed by atoms with Crippen molar-refractivity contribution in [3.8, 4) is 12.3 Å². The number of ether oxygens (including phenoxy) is 2. The van der Waals surface area contributed by atoms with E-state index < -0.39 is 0 Å². The van der Waals surface area contributed by atoms with E-state index >= 15 is 0 Å². The van der Waals surface area contributed by atoms with Gasteiger partial charge in [-0.3, -0.25) is 10.1 Å². The lowest BCUT2D eigenvalue weighted by Crippen LogP contribution is -2.33. The third kappa shape index (κ3) is 4.65. The number of nitrogens with one attached hydrogen (secondary N) is 1. The molecule has 0 saturated heterocycles. The molecular formula is C12H19NO3. The van der Waals surface area contributed by atoms with Crippen molar-refractivity contribution in [2.45, 2.75) is 37.9 Å². The highest BCUT2D eigenvalue weighted by atomic mass is 16.5. The van der Waals surface area contributed by atoms with E-state index in [-0.39, 0.29) is 24.7 Å². The van der Waals surface area contributed by atoms with Gasteiger partial charge < -0.3 is 9.47 Å². The average molecular weight is 225 g/mol. The molecule has 0 aromatic carbocycles. The Morgan fingerprint density at radius 2 is 2.25 bits per heavy atom. The van der Waals surface area contributed by atoms with E-state index in [4.69, 9.17) is 15.9 Å². The Bertz CT molecular complexity index is 259. The van der Waals surface area contributed by atoms with Crippen LogP contribution in [0.3, 0.4) is 0 Å². The van der Waals surface area contributed by atoms with Gasteiger partial charge >= 0.3 is 5.97 Å². The summed E-state index contributed by atoms with van der Waals surface area (Å²) in [5.74, 6) is 2.17. The van der Waals surface area contributed by atoms with Crippen molar-refractivity contribution in [3.63, 3.8) is 0 Å². The average Bonchev–Trinajstić information content (AvgIpc) is 2.29. The first kappa shape index (κ1) is 13.0. The van der Waals surface area contributed by atoms with Crippen LogP contribution in [0.25, 0.3) is 0 Å². The quantitative estimate of drug-likeness (QED) is 0.425. The second-order valence-corrected chi connectivity index (χ2v) is 3.94. The van der Waals surface area contributed by atoms with Crippen molar-refractivity contribution in [2.24, 2.45) is 0 Å².